The summed E-state index contributed by atoms with van der Waals surface area (Å²) in [4.78, 5) is 23.3. The Balaban J connectivity index is 2.45. The quantitative estimate of drug-likeness (QED) is 0.675. The molecule has 1 N–H and O–H groups in total. The van der Waals surface area contributed by atoms with Gasteiger partial charge in [0.05, 0.1) is 11.7 Å². The van der Waals surface area contributed by atoms with E-state index in [0.29, 0.717) is 18.7 Å². The van der Waals surface area contributed by atoms with Crippen LogP contribution in [0.5, 0.6) is 0 Å². The fraction of sp³-hybridized carbons (Fsp3) is 0.556. The molecule has 1 saturated heterocycles. The van der Waals surface area contributed by atoms with Gasteiger partial charge in [-0.3, -0.25) is 4.79 Å². The molecule has 78 valence electrons. The first-order chi connectivity index (χ1) is 6.50. The van der Waals surface area contributed by atoms with Crippen LogP contribution < -0.4 is 0 Å². The maximum atomic E-state index is 11.3. The van der Waals surface area contributed by atoms with Gasteiger partial charge in [-0.15, -0.1) is 0 Å². The van der Waals surface area contributed by atoms with Gasteiger partial charge in [0, 0.05) is 13.1 Å². The number of likely N-dealkylation sites (tertiary alicyclic amines) is 1. The second-order valence-corrected chi connectivity index (χ2v) is 3.34. The molecule has 0 saturated carbocycles. The number of carboxylic acids is 1. The minimum atomic E-state index is -0.865. The number of allylic oxidation sites excluding steroid dienone is 1. The van der Waals surface area contributed by atoms with Crippen molar-refractivity contribution in [3.63, 3.8) is 0 Å². The average Bonchev–Trinajstić information content (AvgIpc) is 2.50. The number of hydrogen-bond donors (Lipinski definition) is 1. The molecule has 1 fully saturated rings. The van der Waals surface area contributed by atoms with E-state index in [1.807, 2.05) is 0 Å². The lowest BCUT2D eigenvalue weighted by atomic mass is 10.1. The Bertz CT molecular complexity index is 274. The van der Waals surface area contributed by atoms with Crippen LogP contribution in [-0.4, -0.2) is 35.2 Å². The normalized spacial score (nSPS) is 20.6. The number of nitrogens with zero attached hydrogens (tertiary/aromatic N) is 1. The zero-order valence-electron chi connectivity index (χ0n) is 8.02. The molecule has 0 aromatic heterocycles. The summed E-state index contributed by atoms with van der Waals surface area (Å²) < 4.78 is 4.76. The molecule has 0 unspecified atom stereocenters. The molecule has 1 heterocycles. The van der Waals surface area contributed by atoms with Crippen molar-refractivity contribution in [1.29, 1.82) is 0 Å². The Labute approximate surface area is 82.0 Å². The van der Waals surface area contributed by atoms with Crippen molar-refractivity contribution in [2.24, 2.45) is 5.92 Å². The Kier molecular flexibility index (Phi) is 3.11. The third kappa shape index (κ3) is 2.48. The monoisotopic (exact) mass is 199 g/mol. The summed E-state index contributed by atoms with van der Waals surface area (Å²) in [5.41, 5.74) is 0. The first-order valence-electron chi connectivity index (χ1n) is 4.35. The van der Waals surface area contributed by atoms with Crippen LogP contribution in [0.3, 0.4) is 0 Å². The van der Waals surface area contributed by atoms with Crippen LogP contribution in [-0.2, 0) is 9.53 Å². The van der Waals surface area contributed by atoms with Crippen molar-refractivity contribution in [2.45, 2.75) is 13.3 Å². The Morgan fingerprint density at radius 2 is 2.21 bits per heavy atom. The van der Waals surface area contributed by atoms with Crippen LogP contribution in [0, 0.1) is 5.92 Å². The van der Waals surface area contributed by atoms with Gasteiger partial charge in [0.2, 0.25) is 0 Å². The second-order valence-electron chi connectivity index (χ2n) is 3.34. The minimum absolute atomic E-state index is 0.224. The molecule has 14 heavy (non-hydrogen) atoms. The SMILES string of the molecule is C=C(C)OC(=O)N1CC[C@H](C(=O)O)C1. The number of rotatable bonds is 2. The highest BCUT2D eigenvalue weighted by molar-refractivity contribution is 5.74. The zero-order chi connectivity index (χ0) is 10.7. The van der Waals surface area contributed by atoms with Gasteiger partial charge in [0.25, 0.3) is 0 Å². The molecule has 0 aromatic carbocycles. The van der Waals surface area contributed by atoms with Gasteiger partial charge in [0.15, 0.2) is 0 Å². The first-order valence-corrected chi connectivity index (χ1v) is 4.35. The standard InChI is InChI=1S/C9H13NO4/c1-6(2)14-9(13)10-4-3-7(5-10)8(11)12/h7H,1,3-5H2,2H3,(H,11,12)/t7-/m0/s1. The van der Waals surface area contributed by atoms with E-state index in [0.717, 1.165) is 0 Å². The van der Waals surface area contributed by atoms with Crippen LogP contribution in [0.2, 0.25) is 0 Å². The van der Waals surface area contributed by atoms with Gasteiger partial charge in [0.1, 0.15) is 0 Å². The molecule has 5 nitrogen and oxygen atoms in total. The molecule has 1 aliphatic rings. The fourth-order valence-electron chi connectivity index (χ4n) is 1.34. The second kappa shape index (κ2) is 4.13. The molecule has 1 atom stereocenters. The summed E-state index contributed by atoms with van der Waals surface area (Å²) in [5, 5.41) is 8.70. The van der Waals surface area contributed by atoms with Gasteiger partial charge in [-0.25, -0.2) is 4.79 Å². The molecule has 1 rings (SSSR count). The zero-order valence-corrected chi connectivity index (χ0v) is 8.02. The van der Waals surface area contributed by atoms with E-state index in [1.54, 1.807) is 6.92 Å². The van der Waals surface area contributed by atoms with Crippen LogP contribution in [0.4, 0.5) is 4.79 Å². The van der Waals surface area contributed by atoms with Crippen LogP contribution in [0.15, 0.2) is 12.3 Å². The van der Waals surface area contributed by atoms with E-state index in [1.165, 1.54) is 4.90 Å². The largest absolute Gasteiger partial charge is 0.481 e. The van der Waals surface area contributed by atoms with Gasteiger partial charge < -0.3 is 14.7 Å². The molecule has 1 amide bonds. The number of ether oxygens (including phenoxy) is 1. The third-order valence-corrected chi connectivity index (χ3v) is 2.06. The van der Waals surface area contributed by atoms with Crippen LogP contribution in [0.25, 0.3) is 0 Å². The highest BCUT2D eigenvalue weighted by Crippen LogP contribution is 2.17. The minimum Gasteiger partial charge on any atom is -0.481 e. The van der Waals surface area contributed by atoms with Gasteiger partial charge >= 0.3 is 12.1 Å². The van der Waals surface area contributed by atoms with Crippen molar-refractivity contribution in [3.05, 3.63) is 12.3 Å². The Morgan fingerprint density at radius 3 is 2.64 bits per heavy atom. The summed E-state index contributed by atoms with van der Waals surface area (Å²) in [6, 6.07) is 0. The summed E-state index contributed by atoms with van der Waals surface area (Å²) >= 11 is 0. The highest BCUT2D eigenvalue weighted by Gasteiger charge is 2.31. The molecular formula is C9H13NO4. The Hall–Kier alpha value is -1.52. The lowest BCUT2D eigenvalue weighted by molar-refractivity contribution is -0.141. The van der Waals surface area contributed by atoms with Crippen molar-refractivity contribution in [3.8, 4) is 0 Å². The van der Waals surface area contributed by atoms with Crippen LogP contribution in [0.1, 0.15) is 13.3 Å². The maximum absolute atomic E-state index is 11.3. The number of carbonyl (C=O) groups is 2. The Morgan fingerprint density at radius 1 is 1.57 bits per heavy atom. The van der Waals surface area contributed by atoms with Gasteiger partial charge in [-0.1, -0.05) is 6.58 Å². The van der Waals surface area contributed by atoms with E-state index in [-0.39, 0.29) is 6.54 Å². The number of hydrogen-bond acceptors (Lipinski definition) is 3. The van der Waals surface area contributed by atoms with Crippen molar-refractivity contribution < 1.29 is 19.4 Å². The van der Waals surface area contributed by atoms with E-state index >= 15 is 0 Å². The fourth-order valence-corrected chi connectivity index (χ4v) is 1.34. The van der Waals surface area contributed by atoms with E-state index in [4.69, 9.17) is 9.84 Å². The third-order valence-electron chi connectivity index (χ3n) is 2.06. The smallest absolute Gasteiger partial charge is 0.414 e. The van der Waals surface area contributed by atoms with E-state index < -0.39 is 18.0 Å². The first kappa shape index (κ1) is 10.6. The molecule has 0 spiro atoms. The van der Waals surface area contributed by atoms with Crippen LogP contribution >= 0.6 is 0 Å². The molecule has 0 bridgehead atoms. The van der Waals surface area contributed by atoms with Gasteiger partial charge in [-0.2, -0.15) is 0 Å². The number of amides is 1. The van der Waals surface area contributed by atoms with Crippen molar-refractivity contribution >= 4 is 12.1 Å². The van der Waals surface area contributed by atoms with E-state index in [2.05, 4.69) is 6.58 Å². The lowest BCUT2D eigenvalue weighted by Crippen LogP contribution is -2.30. The predicted octanol–water partition coefficient (Wildman–Crippen LogP) is 1.06. The molecule has 0 aliphatic carbocycles. The topological polar surface area (TPSA) is 66.8 Å². The molecule has 0 aromatic rings. The molecule has 5 heteroatoms. The number of carbonyl (C=O) groups excluding carboxylic acids is 1. The molecule has 0 radical (unpaired) electrons. The van der Waals surface area contributed by atoms with Crippen molar-refractivity contribution in [1.82, 2.24) is 4.90 Å². The van der Waals surface area contributed by atoms with E-state index in [9.17, 15) is 9.59 Å². The summed E-state index contributed by atoms with van der Waals surface area (Å²) in [7, 11) is 0. The molecular weight excluding hydrogens is 186 g/mol. The predicted molar refractivity (Wildman–Crippen MR) is 48.6 cm³/mol. The maximum Gasteiger partial charge on any atom is 0.414 e. The molecule has 1 aliphatic heterocycles. The lowest BCUT2D eigenvalue weighted by Gasteiger charge is -2.14. The number of aliphatic carboxylic acids is 1. The number of carboxylic acid groups (broad SMARTS) is 1. The average molecular weight is 199 g/mol. The van der Waals surface area contributed by atoms with Gasteiger partial charge in [-0.05, 0) is 13.3 Å². The summed E-state index contributed by atoms with van der Waals surface area (Å²) in [6.45, 7) is 5.66. The van der Waals surface area contributed by atoms with Crippen molar-refractivity contribution in [2.75, 3.05) is 13.1 Å². The summed E-state index contributed by atoms with van der Waals surface area (Å²) in [5.74, 6) is -1.02. The highest BCUT2D eigenvalue weighted by atomic mass is 16.6. The summed E-state index contributed by atoms with van der Waals surface area (Å²) in [6.07, 6.45) is -0.0260.